The lowest BCUT2D eigenvalue weighted by atomic mass is 9.48. The van der Waals surface area contributed by atoms with Crippen molar-refractivity contribution in [3.8, 4) is 0 Å². The lowest BCUT2D eigenvalue weighted by molar-refractivity contribution is -0.338. The van der Waals surface area contributed by atoms with Gasteiger partial charge >= 0.3 is 17.9 Å². The minimum atomic E-state index is -2.21. The van der Waals surface area contributed by atoms with Gasteiger partial charge in [-0.05, 0) is 56.2 Å². The Morgan fingerprint density at radius 3 is 2.15 bits per heavy atom. The number of benzene rings is 2. The number of hydrogen-bond acceptors (Lipinski definition) is 13. The molecular weight excluding hydrogens is 678 g/mol. The normalized spacial score (nSPS) is 34.9. The quantitative estimate of drug-likeness (QED) is 0.147. The Bertz CT molecular complexity index is 1780. The van der Waals surface area contributed by atoms with E-state index < -0.39 is 108 Å². The van der Waals surface area contributed by atoms with Crippen molar-refractivity contribution < 1.29 is 63.3 Å². The number of ether oxygens (including phenoxy) is 4. The van der Waals surface area contributed by atoms with Crippen LogP contribution in [0.3, 0.4) is 0 Å². The first kappa shape index (κ1) is 37.3. The molecule has 2 aromatic rings. The van der Waals surface area contributed by atoms with Gasteiger partial charge in [-0.3, -0.25) is 14.4 Å². The summed E-state index contributed by atoms with van der Waals surface area (Å²) in [6, 6.07) is 14.9. The third-order valence-corrected chi connectivity index (χ3v) is 11.2. The number of Topliss-reactive ketones (excluding diaryl/α,β-unsaturated/α-hetero) is 1. The molecule has 3 fully saturated rings. The van der Waals surface area contributed by atoms with Crippen LogP contribution in [0, 0.1) is 11.3 Å². The van der Waals surface area contributed by atoms with E-state index in [2.05, 4.69) is 5.32 Å². The molecule has 52 heavy (non-hydrogen) atoms. The number of fused-ring (bicyclic) bond motifs is 5. The van der Waals surface area contributed by atoms with Gasteiger partial charge in [-0.25, -0.2) is 9.59 Å². The second-order valence-electron chi connectivity index (χ2n) is 14.5. The molecule has 0 unspecified atom stereocenters. The van der Waals surface area contributed by atoms with E-state index in [1.165, 1.54) is 32.9 Å². The average Bonchev–Trinajstić information content (AvgIpc) is 3.12. The summed E-state index contributed by atoms with van der Waals surface area (Å²) in [6.45, 7) is 5.07. The highest BCUT2D eigenvalue weighted by Gasteiger charge is 2.74. The smallest absolute Gasteiger partial charge is 0.338 e. The van der Waals surface area contributed by atoms with Crippen molar-refractivity contribution in [2.24, 2.45) is 11.3 Å². The Kier molecular flexibility index (Phi) is 9.91. The first-order valence-electron chi connectivity index (χ1n) is 17.2. The molecule has 14 nitrogen and oxygen atoms in total. The van der Waals surface area contributed by atoms with Crippen LogP contribution in [0.1, 0.15) is 67.7 Å². The molecule has 2 saturated carbocycles. The zero-order valence-electron chi connectivity index (χ0n) is 29.2. The van der Waals surface area contributed by atoms with Gasteiger partial charge in [-0.15, -0.1) is 0 Å². The van der Waals surface area contributed by atoms with Crippen LogP contribution in [0.2, 0.25) is 0 Å². The predicted octanol–water partition coefficient (Wildman–Crippen LogP) is 1.18. The van der Waals surface area contributed by atoms with Gasteiger partial charge in [0.1, 0.15) is 23.4 Å². The summed E-state index contributed by atoms with van der Waals surface area (Å²) in [7, 11) is 0. The van der Waals surface area contributed by atoms with Crippen LogP contribution in [0.25, 0.3) is 0 Å². The minimum Gasteiger partial charge on any atom is -0.456 e. The number of amides is 1. The van der Waals surface area contributed by atoms with Crippen LogP contribution in [-0.4, -0.2) is 110 Å². The summed E-state index contributed by atoms with van der Waals surface area (Å²) in [5.41, 5.74) is -5.40. The van der Waals surface area contributed by atoms with Crippen molar-refractivity contribution in [3.05, 3.63) is 82.9 Å². The molecule has 1 heterocycles. The van der Waals surface area contributed by atoms with E-state index in [1.54, 1.807) is 48.5 Å². The van der Waals surface area contributed by atoms with Crippen LogP contribution in [0.15, 0.2) is 71.8 Å². The number of aliphatic hydroxyl groups is 4. The summed E-state index contributed by atoms with van der Waals surface area (Å²) < 4.78 is 23.1. The molecular formula is C38H43NO13. The van der Waals surface area contributed by atoms with Crippen molar-refractivity contribution >= 4 is 29.6 Å². The SMILES string of the molecule is CC(=O)O[C@H]1C(=O)[C@@]2(C)[C@H]([C@H](OC(=O)c3ccccc3)[C@@]3(O)CC1=C(C)[C@@H](OC(=O)[C@H](O)[C@H](C)NC(=O)c1ccccc1)C3)[C@]1(O)CO[C@@H]1C[C@@H]2O. The molecule has 3 aliphatic carbocycles. The van der Waals surface area contributed by atoms with Crippen molar-refractivity contribution in [3.63, 3.8) is 0 Å². The van der Waals surface area contributed by atoms with Gasteiger partial charge in [0, 0.05) is 37.7 Å². The Balaban J connectivity index is 1.41. The second kappa shape index (κ2) is 13.8. The predicted molar refractivity (Wildman–Crippen MR) is 179 cm³/mol. The Hall–Kier alpha value is -4.47. The molecule has 0 spiro atoms. The van der Waals surface area contributed by atoms with Crippen LogP contribution in [0.4, 0.5) is 0 Å². The van der Waals surface area contributed by atoms with Crippen LogP contribution in [-0.2, 0) is 33.3 Å². The molecule has 4 aliphatic rings. The number of hydrogen-bond donors (Lipinski definition) is 5. The largest absolute Gasteiger partial charge is 0.456 e. The number of carbonyl (C=O) groups excluding carboxylic acids is 5. The molecule has 278 valence electrons. The molecule has 0 radical (unpaired) electrons. The number of esters is 3. The fourth-order valence-electron chi connectivity index (χ4n) is 8.22. The van der Waals surface area contributed by atoms with E-state index in [0.717, 1.165) is 6.92 Å². The van der Waals surface area contributed by atoms with Gasteiger partial charge in [-0.1, -0.05) is 36.4 Å². The van der Waals surface area contributed by atoms with Gasteiger partial charge in [0.05, 0.1) is 35.8 Å². The molecule has 0 aromatic heterocycles. The summed E-state index contributed by atoms with van der Waals surface area (Å²) in [5, 5.41) is 50.1. The van der Waals surface area contributed by atoms with E-state index in [1.807, 2.05) is 0 Å². The maximum atomic E-state index is 14.8. The molecule has 2 aromatic carbocycles. The zero-order valence-corrected chi connectivity index (χ0v) is 29.2. The maximum absolute atomic E-state index is 14.8. The summed E-state index contributed by atoms with van der Waals surface area (Å²) in [4.78, 5) is 67.2. The highest BCUT2D eigenvalue weighted by molar-refractivity contribution is 5.96. The summed E-state index contributed by atoms with van der Waals surface area (Å²) >= 11 is 0. The zero-order chi connectivity index (χ0) is 37.7. The number of aliphatic hydroxyl groups excluding tert-OH is 2. The molecule has 14 heteroatoms. The van der Waals surface area contributed by atoms with Crippen molar-refractivity contribution in [2.45, 2.75) is 101 Å². The van der Waals surface area contributed by atoms with Gasteiger partial charge < -0.3 is 44.7 Å². The highest BCUT2D eigenvalue weighted by atomic mass is 16.6. The summed E-state index contributed by atoms with van der Waals surface area (Å²) in [5.74, 6) is -5.80. The van der Waals surface area contributed by atoms with Gasteiger partial charge in [-0.2, -0.15) is 0 Å². The number of ketones is 1. The first-order chi connectivity index (χ1) is 24.5. The third-order valence-electron chi connectivity index (χ3n) is 11.2. The fraction of sp³-hybridized carbons (Fsp3) is 0.500. The van der Waals surface area contributed by atoms with Gasteiger partial charge in [0.2, 0.25) is 0 Å². The molecule has 1 amide bonds. The Morgan fingerprint density at radius 1 is 0.962 bits per heavy atom. The molecule has 2 bridgehead atoms. The van der Waals surface area contributed by atoms with Crippen LogP contribution < -0.4 is 5.32 Å². The fourth-order valence-corrected chi connectivity index (χ4v) is 8.22. The van der Waals surface area contributed by atoms with Crippen molar-refractivity contribution in [2.75, 3.05) is 6.61 Å². The highest BCUT2D eigenvalue weighted by Crippen LogP contribution is 2.59. The first-order valence-corrected chi connectivity index (χ1v) is 17.2. The standard InChI is InChI=1S/C38H43NO13/c1-19-24-16-37(47,17-25(19)51-35(46)28(42)20(2)39-33(44)22-11-7-5-8-12-22)32(52-34(45)23-13-9-6-10-14-23)30-36(4,31(43)29(24)50-21(3)40)26(41)15-27-38(30,48)18-49-27/h5-14,20,25-30,32,41-42,47-48H,15-18H2,1-4H3,(H,39,44)/t20-,25-,26-,27+,28+,29+,30-,32-,36+,37+,38-/m0/s1. The van der Waals surface area contributed by atoms with E-state index in [-0.39, 0.29) is 29.7 Å². The van der Waals surface area contributed by atoms with E-state index in [9.17, 15) is 44.4 Å². The van der Waals surface area contributed by atoms with Crippen LogP contribution >= 0.6 is 0 Å². The molecule has 5 N–H and O–H groups in total. The molecule has 6 rings (SSSR count). The number of nitrogens with one attached hydrogen (secondary N) is 1. The lowest BCUT2D eigenvalue weighted by Gasteiger charge is -2.64. The van der Waals surface area contributed by atoms with Crippen molar-refractivity contribution in [1.82, 2.24) is 5.32 Å². The van der Waals surface area contributed by atoms with E-state index >= 15 is 0 Å². The molecule has 1 saturated heterocycles. The Morgan fingerprint density at radius 2 is 1.58 bits per heavy atom. The van der Waals surface area contributed by atoms with Gasteiger partial charge in [0.25, 0.3) is 5.91 Å². The van der Waals surface area contributed by atoms with Crippen molar-refractivity contribution in [1.29, 1.82) is 0 Å². The van der Waals surface area contributed by atoms with E-state index in [4.69, 9.17) is 18.9 Å². The van der Waals surface area contributed by atoms with Crippen LogP contribution in [0.5, 0.6) is 0 Å². The maximum Gasteiger partial charge on any atom is 0.338 e. The topological polar surface area (TPSA) is 215 Å². The minimum absolute atomic E-state index is 0.0401. The monoisotopic (exact) mass is 721 g/mol. The third kappa shape index (κ3) is 6.32. The molecule has 1 aliphatic heterocycles. The van der Waals surface area contributed by atoms with E-state index in [0.29, 0.717) is 5.56 Å². The Labute approximate surface area is 299 Å². The van der Waals surface area contributed by atoms with Gasteiger partial charge in [0.15, 0.2) is 18.0 Å². The number of rotatable bonds is 8. The number of carbonyl (C=O) groups is 5. The average molecular weight is 722 g/mol. The second-order valence-corrected chi connectivity index (χ2v) is 14.5. The molecule has 11 atom stereocenters. The summed E-state index contributed by atoms with van der Waals surface area (Å²) in [6.07, 6.45) is -10.2. The lowest BCUT2D eigenvalue weighted by Crippen LogP contribution is -2.79.